The molecular weight excluding hydrogens is 292 g/mol. The predicted octanol–water partition coefficient (Wildman–Crippen LogP) is 1.93. The summed E-state index contributed by atoms with van der Waals surface area (Å²) in [5, 5.41) is 8.62. The van der Waals surface area contributed by atoms with Crippen molar-refractivity contribution in [2.45, 2.75) is 19.3 Å². The van der Waals surface area contributed by atoms with Crippen molar-refractivity contribution >= 4 is 35.7 Å². The van der Waals surface area contributed by atoms with E-state index >= 15 is 0 Å². The maximum atomic E-state index is 11.9. The first kappa shape index (κ1) is 17.3. The van der Waals surface area contributed by atoms with Crippen molar-refractivity contribution in [2.24, 2.45) is 11.7 Å². The Morgan fingerprint density at radius 1 is 1.10 bits per heavy atom. The number of primary amides is 1. The second kappa shape index (κ2) is 8.49. The van der Waals surface area contributed by atoms with Gasteiger partial charge in [-0.2, -0.15) is 0 Å². The third kappa shape index (κ3) is 6.01. The van der Waals surface area contributed by atoms with Gasteiger partial charge in [0, 0.05) is 17.8 Å². The third-order valence-corrected chi connectivity index (χ3v) is 3.37. The molecule has 0 unspecified atom stereocenters. The molecule has 1 heterocycles. The van der Waals surface area contributed by atoms with Crippen LogP contribution in [0.5, 0.6) is 0 Å². The van der Waals surface area contributed by atoms with Crippen LogP contribution in [0.4, 0.5) is 16.2 Å². The lowest BCUT2D eigenvalue weighted by molar-refractivity contribution is -0.117. The topological polar surface area (TPSA) is 96.2 Å². The number of urea groups is 1. The Hall–Kier alpha value is -1.79. The molecule has 0 aromatic heterocycles. The van der Waals surface area contributed by atoms with Crippen LogP contribution in [0.3, 0.4) is 0 Å². The number of benzene rings is 1. The predicted molar refractivity (Wildman–Crippen MR) is 85.7 cm³/mol. The molecule has 0 aliphatic carbocycles. The largest absolute Gasteiger partial charge is 0.351 e. The molecule has 2 rings (SSSR count). The number of nitrogens with two attached hydrogens (primary N) is 1. The number of amides is 3. The summed E-state index contributed by atoms with van der Waals surface area (Å²) in [5.41, 5.74) is 6.35. The SMILES string of the molecule is Cl.NC(=O)Nc1ccc(NC(=O)CC2CCNCC2)cc1. The van der Waals surface area contributed by atoms with Crippen LogP contribution in [-0.2, 0) is 4.79 Å². The Balaban J connectivity index is 0.00000220. The lowest BCUT2D eigenvalue weighted by Gasteiger charge is -2.21. The summed E-state index contributed by atoms with van der Waals surface area (Å²) in [6.45, 7) is 1.98. The number of anilines is 2. The van der Waals surface area contributed by atoms with Crippen LogP contribution in [0.15, 0.2) is 24.3 Å². The van der Waals surface area contributed by atoms with E-state index in [-0.39, 0.29) is 18.3 Å². The lowest BCUT2D eigenvalue weighted by atomic mass is 9.94. The molecule has 5 N–H and O–H groups in total. The molecule has 0 bridgehead atoms. The molecular formula is C14H21ClN4O2. The molecule has 3 amide bonds. The number of carbonyl (C=O) groups is 2. The van der Waals surface area contributed by atoms with Gasteiger partial charge in [0.1, 0.15) is 0 Å². The molecule has 0 spiro atoms. The number of carbonyl (C=O) groups excluding carboxylic acids is 2. The van der Waals surface area contributed by atoms with E-state index in [1.54, 1.807) is 24.3 Å². The quantitative estimate of drug-likeness (QED) is 0.684. The van der Waals surface area contributed by atoms with E-state index in [1.165, 1.54) is 0 Å². The van der Waals surface area contributed by atoms with Gasteiger partial charge in [-0.25, -0.2) is 4.79 Å². The van der Waals surface area contributed by atoms with Crippen molar-refractivity contribution < 1.29 is 9.59 Å². The van der Waals surface area contributed by atoms with Gasteiger partial charge in [0.15, 0.2) is 0 Å². The van der Waals surface area contributed by atoms with Gasteiger partial charge < -0.3 is 21.7 Å². The van der Waals surface area contributed by atoms with Crippen molar-refractivity contribution in [1.29, 1.82) is 0 Å². The summed E-state index contributed by atoms with van der Waals surface area (Å²) in [6.07, 6.45) is 2.66. The van der Waals surface area contributed by atoms with Crippen molar-refractivity contribution in [1.82, 2.24) is 5.32 Å². The highest BCUT2D eigenvalue weighted by Crippen LogP contribution is 2.18. The van der Waals surface area contributed by atoms with E-state index in [4.69, 9.17) is 5.73 Å². The van der Waals surface area contributed by atoms with Crippen molar-refractivity contribution in [3.8, 4) is 0 Å². The van der Waals surface area contributed by atoms with Crippen LogP contribution in [0, 0.1) is 5.92 Å². The first-order valence-corrected chi connectivity index (χ1v) is 6.80. The lowest BCUT2D eigenvalue weighted by Crippen LogP contribution is -2.30. The van der Waals surface area contributed by atoms with Gasteiger partial charge in [0.05, 0.1) is 0 Å². The van der Waals surface area contributed by atoms with Gasteiger partial charge >= 0.3 is 6.03 Å². The van der Waals surface area contributed by atoms with E-state index in [0.29, 0.717) is 18.0 Å². The fourth-order valence-electron chi connectivity index (χ4n) is 2.34. The van der Waals surface area contributed by atoms with Crippen LogP contribution < -0.4 is 21.7 Å². The Bertz CT molecular complexity index is 472. The molecule has 7 heteroatoms. The third-order valence-electron chi connectivity index (χ3n) is 3.37. The van der Waals surface area contributed by atoms with Crippen LogP contribution in [0.25, 0.3) is 0 Å². The average Bonchev–Trinajstić information content (AvgIpc) is 2.41. The molecule has 0 atom stereocenters. The number of rotatable bonds is 4. The van der Waals surface area contributed by atoms with Gasteiger partial charge in [-0.15, -0.1) is 12.4 Å². The average molecular weight is 313 g/mol. The van der Waals surface area contributed by atoms with E-state index in [9.17, 15) is 9.59 Å². The highest BCUT2D eigenvalue weighted by atomic mass is 35.5. The number of hydrogen-bond donors (Lipinski definition) is 4. The molecule has 1 saturated heterocycles. The Labute approximate surface area is 130 Å². The molecule has 21 heavy (non-hydrogen) atoms. The van der Waals surface area contributed by atoms with E-state index < -0.39 is 6.03 Å². The van der Waals surface area contributed by atoms with Gasteiger partial charge in [-0.05, 0) is 56.1 Å². The molecule has 1 aliphatic rings. The summed E-state index contributed by atoms with van der Waals surface area (Å²) in [7, 11) is 0. The second-order valence-electron chi connectivity index (χ2n) is 5.01. The maximum absolute atomic E-state index is 11.9. The first-order valence-electron chi connectivity index (χ1n) is 6.80. The molecule has 6 nitrogen and oxygen atoms in total. The van der Waals surface area contributed by atoms with Crippen molar-refractivity contribution in [2.75, 3.05) is 23.7 Å². The summed E-state index contributed by atoms with van der Waals surface area (Å²) in [4.78, 5) is 22.6. The molecule has 116 valence electrons. The van der Waals surface area contributed by atoms with Crippen molar-refractivity contribution in [3.05, 3.63) is 24.3 Å². The monoisotopic (exact) mass is 312 g/mol. The fourth-order valence-corrected chi connectivity index (χ4v) is 2.34. The van der Waals surface area contributed by atoms with Crippen LogP contribution >= 0.6 is 12.4 Å². The minimum absolute atomic E-state index is 0. The molecule has 1 aliphatic heterocycles. The smallest absolute Gasteiger partial charge is 0.316 e. The molecule has 1 aromatic carbocycles. The number of piperidine rings is 1. The van der Waals surface area contributed by atoms with Gasteiger partial charge in [-0.3, -0.25) is 4.79 Å². The molecule has 0 radical (unpaired) electrons. The summed E-state index contributed by atoms with van der Waals surface area (Å²) >= 11 is 0. The van der Waals surface area contributed by atoms with Crippen LogP contribution in [0.2, 0.25) is 0 Å². The molecule has 1 aromatic rings. The first-order chi connectivity index (χ1) is 9.63. The zero-order valence-electron chi connectivity index (χ0n) is 11.7. The summed E-state index contributed by atoms with van der Waals surface area (Å²) in [5.74, 6) is 0.500. The fraction of sp³-hybridized carbons (Fsp3) is 0.429. The normalized spacial score (nSPS) is 14.9. The second-order valence-corrected chi connectivity index (χ2v) is 5.01. The number of halogens is 1. The van der Waals surface area contributed by atoms with Crippen LogP contribution in [0.1, 0.15) is 19.3 Å². The minimum atomic E-state index is -0.604. The van der Waals surface area contributed by atoms with E-state index in [0.717, 1.165) is 31.6 Å². The maximum Gasteiger partial charge on any atom is 0.316 e. The highest BCUT2D eigenvalue weighted by Gasteiger charge is 2.16. The van der Waals surface area contributed by atoms with Crippen LogP contribution in [-0.4, -0.2) is 25.0 Å². The standard InChI is InChI=1S/C14H20N4O2.ClH/c15-14(20)18-12-3-1-11(2-4-12)17-13(19)9-10-5-7-16-8-6-10;/h1-4,10,16H,5-9H2,(H,17,19)(H3,15,18,20);1H. The molecule has 1 fully saturated rings. The van der Waals surface area contributed by atoms with Gasteiger partial charge in [0.25, 0.3) is 0 Å². The Kier molecular flexibility index (Phi) is 6.98. The summed E-state index contributed by atoms with van der Waals surface area (Å²) < 4.78 is 0. The number of hydrogen-bond acceptors (Lipinski definition) is 3. The van der Waals surface area contributed by atoms with Gasteiger partial charge in [0.2, 0.25) is 5.91 Å². The minimum Gasteiger partial charge on any atom is -0.351 e. The van der Waals surface area contributed by atoms with E-state index in [2.05, 4.69) is 16.0 Å². The Morgan fingerprint density at radius 3 is 2.14 bits per heavy atom. The zero-order chi connectivity index (χ0) is 14.4. The van der Waals surface area contributed by atoms with E-state index in [1.807, 2.05) is 0 Å². The van der Waals surface area contributed by atoms with Crippen molar-refractivity contribution in [3.63, 3.8) is 0 Å². The number of nitrogens with one attached hydrogen (secondary N) is 3. The Morgan fingerprint density at radius 2 is 1.62 bits per heavy atom. The molecule has 0 saturated carbocycles. The summed E-state index contributed by atoms with van der Waals surface area (Å²) in [6, 6.07) is 6.28. The zero-order valence-corrected chi connectivity index (χ0v) is 12.5. The van der Waals surface area contributed by atoms with Gasteiger partial charge in [-0.1, -0.05) is 0 Å². The highest BCUT2D eigenvalue weighted by molar-refractivity contribution is 5.92.